The van der Waals surface area contributed by atoms with Gasteiger partial charge in [0.25, 0.3) is 0 Å². The van der Waals surface area contributed by atoms with Gasteiger partial charge in [-0.3, -0.25) is 4.98 Å². The van der Waals surface area contributed by atoms with Gasteiger partial charge in [-0.25, -0.2) is 9.18 Å². The van der Waals surface area contributed by atoms with Crippen molar-refractivity contribution in [3.8, 4) is 0 Å². The summed E-state index contributed by atoms with van der Waals surface area (Å²) < 4.78 is 15.2. The van der Waals surface area contributed by atoms with Crippen LogP contribution in [-0.2, 0) is 6.54 Å². The van der Waals surface area contributed by atoms with Gasteiger partial charge in [-0.05, 0) is 33.6 Å². The smallest absolute Gasteiger partial charge is 0.337 e. The van der Waals surface area contributed by atoms with E-state index in [0.717, 1.165) is 6.20 Å². The van der Waals surface area contributed by atoms with E-state index in [0.29, 0.717) is 16.7 Å². The molecule has 0 aliphatic carbocycles. The summed E-state index contributed by atoms with van der Waals surface area (Å²) in [7, 11) is 0. The SMILES string of the molecule is O=C(O)c1cc(Br)n(Cc2cncc(F)c2)c1. The summed E-state index contributed by atoms with van der Waals surface area (Å²) in [6, 6.07) is 2.86. The molecule has 0 spiro atoms. The van der Waals surface area contributed by atoms with Crippen molar-refractivity contribution in [3.05, 3.63) is 52.3 Å². The zero-order valence-corrected chi connectivity index (χ0v) is 10.2. The number of carbonyl (C=O) groups is 1. The maximum atomic E-state index is 12.9. The summed E-state index contributed by atoms with van der Waals surface area (Å²) in [5.41, 5.74) is 0.847. The molecule has 0 atom stereocenters. The number of hydrogen-bond donors (Lipinski definition) is 1. The zero-order valence-electron chi connectivity index (χ0n) is 8.60. The largest absolute Gasteiger partial charge is 0.478 e. The Kier molecular flexibility index (Phi) is 3.23. The number of pyridine rings is 1. The van der Waals surface area contributed by atoms with Gasteiger partial charge in [-0.2, -0.15) is 0 Å². The fraction of sp³-hybridized carbons (Fsp3) is 0.0909. The summed E-state index contributed by atoms with van der Waals surface area (Å²) >= 11 is 3.25. The molecule has 0 amide bonds. The van der Waals surface area contributed by atoms with Crippen LogP contribution in [0.4, 0.5) is 4.39 Å². The fourth-order valence-electron chi connectivity index (χ4n) is 1.46. The number of carboxylic acid groups (broad SMARTS) is 1. The van der Waals surface area contributed by atoms with Gasteiger partial charge in [0, 0.05) is 18.9 Å². The number of aromatic carboxylic acids is 1. The molecule has 2 rings (SSSR count). The van der Waals surface area contributed by atoms with E-state index in [1.165, 1.54) is 24.5 Å². The van der Waals surface area contributed by atoms with Crippen LogP contribution in [0.15, 0.2) is 35.3 Å². The Labute approximate surface area is 105 Å². The normalized spacial score (nSPS) is 10.5. The molecule has 17 heavy (non-hydrogen) atoms. The highest BCUT2D eigenvalue weighted by Gasteiger charge is 2.09. The maximum absolute atomic E-state index is 12.9. The van der Waals surface area contributed by atoms with Gasteiger partial charge >= 0.3 is 5.97 Å². The molecule has 2 aromatic heterocycles. The van der Waals surface area contributed by atoms with E-state index in [-0.39, 0.29) is 5.56 Å². The number of rotatable bonds is 3. The Bertz CT molecular complexity index is 568. The molecular weight excluding hydrogens is 291 g/mol. The minimum atomic E-state index is -0.998. The molecule has 0 radical (unpaired) electrons. The lowest BCUT2D eigenvalue weighted by Gasteiger charge is -2.04. The summed E-state index contributed by atoms with van der Waals surface area (Å²) in [6.45, 7) is 0.360. The van der Waals surface area contributed by atoms with Crippen molar-refractivity contribution >= 4 is 21.9 Å². The van der Waals surface area contributed by atoms with Crippen LogP contribution in [0.1, 0.15) is 15.9 Å². The van der Waals surface area contributed by atoms with E-state index in [2.05, 4.69) is 20.9 Å². The fourth-order valence-corrected chi connectivity index (χ4v) is 1.93. The van der Waals surface area contributed by atoms with Gasteiger partial charge < -0.3 is 9.67 Å². The van der Waals surface area contributed by atoms with Crippen molar-refractivity contribution < 1.29 is 14.3 Å². The topological polar surface area (TPSA) is 55.1 Å². The minimum Gasteiger partial charge on any atom is -0.478 e. The molecule has 2 heterocycles. The second-order valence-corrected chi connectivity index (χ2v) is 4.31. The Morgan fingerprint density at radius 3 is 2.82 bits per heavy atom. The molecule has 0 aliphatic heterocycles. The van der Waals surface area contributed by atoms with Crippen molar-refractivity contribution in [1.82, 2.24) is 9.55 Å². The first-order chi connectivity index (χ1) is 8.06. The van der Waals surface area contributed by atoms with Crippen LogP contribution in [0.25, 0.3) is 0 Å². The zero-order chi connectivity index (χ0) is 12.4. The molecule has 0 saturated carbocycles. The molecule has 0 unspecified atom stereocenters. The maximum Gasteiger partial charge on any atom is 0.337 e. The van der Waals surface area contributed by atoms with E-state index in [4.69, 9.17) is 5.11 Å². The third kappa shape index (κ3) is 2.71. The number of hydrogen-bond acceptors (Lipinski definition) is 2. The number of halogens is 2. The Hall–Kier alpha value is -1.69. The van der Waals surface area contributed by atoms with Crippen LogP contribution in [0, 0.1) is 5.82 Å². The first-order valence-corrected chi connectivity index (χ1v) is 5.54. The van der Waals surface area contributed by atoms with Crippen molar-refractivity contribution in [1.29, 1.82) is 0 Å². The second kappa shape index (κ2) is 4.67. The molecule has 88 valence electrons. The van der Waals surface area contributed by atoms with Gasteiger partial charge in [-0.1, -0.05) is 0 Å². The Morgan fingerprint density at radius 2 is 2.24 bits per heavy atom. The lowest BCUT2D eigenvalue weighted by Crippen LogP contribution is -2.00. The van der Waals surface area contributed by atoms with E-state index in [1.54, 1.807) is 4.57 Å². The Balaban J connectivity index is 2.27. The van der Waals surface area contributed by atoms with Crippen molar-refractivity contribution in [3.63, 3.8) is 0 Å². The molecule has 0 saturated heterocycles. The van der Waals surface area contributed by atoms with Crippen LogP contribution >= 0.6 is 15.9 Å². The highest BCUT2D eigenvalue weighted by molar-refractivity contribution is 9.10. The van der Waals surface area contributed by atoms with Gasteiger partial charge in [0.15, 0.2) is 0 Å². The van der Waals surface area contributed by atoms with E-state index >= 15 is 0 Å². The second-order valence-electron chi connectivity index (χ2n) is 3.50. The molecule has 0 fully saturated rings. The summed E-state index contributed by atoms with van der Waals surface area (Å²) in [6.07, 6.45) is 4.14. The molecule has 2 aromatic rings. The van der Waals surface area contributed by atoms with E-state index in [1.807, 2.05) is 0 Å². The van der Waals surface area contributed by atoms with Crippen LogP contribution in [0.5, 0.6) is 0 Å². The van der Waals surface area contributed by atoms with Crippen molar-refractivity contribution in [2.45, 2.75) is 6.54 Å². The Morgan fingerprint density at radius 1 is 1.47 bits per heavy atom. The predicted octanol–water partition coefficient (Wildman–Crippen LogP) is 2.53. The average molecular weight is 299 g/mol. The number of carboxylic acids is 1. The van der Waals surface area contributed by atoms with E-state index < -0.39 is 11.8 Å². The lowest BCUT2D eigenvalue weighted by atomic mass is 10.3. The quantitative estimate of drug-likeness (QED) is 0.947. The minimum absolute atomic E-state index is 0.182. The summed E-state index contributed by atoms with van der Waals surface area (Å²) in [5.74, 6) is -1.41. The van der Waals surface area contributed by atoms with E-state index in [9.17, 15) is 9.18 Å². The number of nitrogens with zero attached hydrogens (tertiary/aromatic N) is 2. The molecule has 0 bridgehead atoms. The van der Waals surface area contributed by atoms with Crippen molar-refractivity contribution in [2.24, 2.45) is 0 Å². The molecule has 6 heteroatoms. The molecule has 0 aliphatic rings. The van der Waals surface area contributed by atoms with Crippen LogP contribution in [0.2, 0.25) is 0 Å². The predicted molar refractivity (Wildman–Crippen MR) is 62.4 cm³/mol. The molecule has 4 nitrogen and oxygen atoms in total. The standard InChI is InChI=1S/C11H8BrFN2O2/c12-10-2-8(11(16)17)6-15(10)5-7-1-9(13)4-14-3-7/h1-4,6H,5H2,(H,16,17). The van der Waals surface area contributed by atoms with Crippen LogP contribution in [0.3, 0.4) is 0 Å². The van der Waals surface area contributed by atoms with Gasteiger partial charge in [0.05, 0.1) is 16.4 Å². The lowest BCUT2D eigenvalue weighted by molar-refractivity contribution is 0.0697. The van der Waals surface area contributed by atoms with Crippen LogP contribution < -0.4 is 0 Å². The van der Waals surface area contributed by atoms with Gasteiger partial charge in [-0.15, -0.1) is 0 Å². The first-order valence-electron chi connectivity index (χ1n) is 4.74. The van der Waals surface area contributed by atoms with Crippen molar-refractivity contribution in [2.75, 3.05) is 0 Å². The first kappa shape index (κ1) is 11.8. The number of aromatic nitrogens is 2. The van der Waals surface area contributed by atoms with Gasteiger partial charge in [0.2, 0.25) is 0 Å². The van der Waals surface area contributed by atoms with Gasteiger partial charge in [0.1, 0.15) is 5.82 Å². The molecular formula is C11H8BrFN2O2. The molecule has 0 aromatic carbocycles. The highest BCUT2D eigenvalue weighted by Crippen LogP contribution is 2.17. The highest BCUT2D eigenvalue weighted by atomic mass is 79.9. The molecule has 1 N–H and O–H groups in total. The third-order valence-corrected chi connectivity index (χ3v) is 2.89. The third-order valence-electron chi connectivity index (χ3n) is 2.21. The average Bonchev–Trinajstić information content (AvgIpc) is 2.61. The summed E-state index contributed by atoms with van der Waals surface area (Å²) in [4.78, 5) is 14.5. The summed E-state index contributed by atoms with van der Waals surface area (Å²) in [5, 5.41) is 8.83. The monoisotopic (exact) mass is 298 g/mol. The van der Waals surface area contributed by atoms with Crippen LogP contribution in [-0.4, -0.2) is 20.6 Å².